The highest BCUT2D eigenvalue weighted by Crippen LogP contribution is 2.39. The van der Waals surface area contributed by atoms with E-state index in [1.165, 1.54) is 24.3 Å². The van der Waals surface area contributed by atoms with Crippen molar-refractivity contribution in [2.24, 2.45) is 0 Å². The summed E-state index contributed by atoms with van der Waals surface area (Å²) in [7, 11) is 0. The largest absolute Gasteiger partial charge is 0.484 e. The molecule has 0 atom stereocenters. The Labute approximate surface area is 239 Å². The number of halogens is 6. The molecule has 1 heterocycles. The van der Waals surface area contributed by atoms with Crippen LogP contribution in [0.1, 0.15) is 11.3 Å². The third-order valence-corrected chi connectivity index (χ3v) is 6.10. The number of amides is 1. The number of hydrogen-bond donors (Lipinski definition) is 1. The van der Waals surface area contributed by atoms with E-state index < -0.39 is 53.0 Å². The monoisotopic (exact) mass is 599 g/mol. The maximum atomic E-state index is 13.9. The average Bonchev–Trinajstić information content (AvgIpc) is 2.97. The van der Waals surface area contributed by atoms with Crippen LogP contribution < -0.4 is 20.2 Å². The van der Waals surface area contributed by atoms with Crippen LogP contribution >= 0.6 is 0 Å². The first-order valence-corrected chi connectivity index (χ1v) is 12.5. The van der Waals surface area contributed by atoms with E-state index in [1.54, 1.807) is 12.1 Å². The zero-order valence-electron chi connectivity index (χ0n) is 21.8. The van der Waals surface area contributed by atoms with Gasteiger partial charge in [0, 0.05) is 11.8 Å². The number of nitrogens with one attached hydrogen (secondary N) is 1. The number of rotatable bonds is 7. The van der Waals surface area contributed by atoms with E-state index in [0.717, 1.165) is 41.5 Å². The molecule has 220 valence electrons. The van der Waals surface area contributed by atoms with Gasteiger partial charge in [-0.2, -0.15) is 26.3 Å². The van der Waals surface area contributed by atoms with Crippen molar-refractivity contribution in [2.75, 3.05) is 11.9 Å². The van der Waals surface area contributed by atoms with E-state index in [0.29, 0.717) is 0 Å². The lowest BCUT2D eigenvalue weighted by atomic mass is 10.1. The summed E-state index contributed by atoms with van der Waals surface area (Å²) in [5.74, 6) is -3.71. The molecule has 6 nitrogen and oxygen atoms in total. The van der Waals surface area contributed by atoms with Gasteiger partial charge in [0.15, 0.2) is 6.61 Å². The first-order chi connectivity index (χ1) is 20.4. The fourth-order valence-corrected chi connectivity index (χ4v) is 4.11. The number of alkyl halides is 6. The van der Waals surface area contributed by atoms with E-state index in [1.807, 2.05) is 30.3 Å². The predicted molar refractivity (Wildman–Crippen MR) is 145 cm³/mol. The van der Waals surface area contributed by atoms with Crippen molar-refractivity contribution >= 4 is 22.6 Å². The van der Waals surface area contributed by atoms with E-state index >= 15 is 0 Å². The normalized spacial score (nSPS) is 11.8. The first-order valence-electron chi connectivity index (χ1n) is 12.5. The molecule has 43 heavy (non-hydrogen) atoms. The highest BCUT2D eigenvalue weighted by molar-refractivity contribution is 5.92. The van der Waals surface area contributed by atoms with Gasteiger partial charge >= 0.3 is 12.4 Å². The van der Waals surface area contributed by atoms with Gasteiger partial charge in [0.05, 0.1) is 10.9 Å². The van der Waals surface area contributed by atoms with Crippen LogP contribution in [0.5, 0.6) is 17.2 Å². The minimum atomic E-state index is -5.10. The standard InChI is InChI=1S/C31H19F6NO5/c32-30(33,34)20-7-4-8-21(15-20)38-26(39)17-41-23-13-14-24-25(16-23)43-29(31(35,36)37)28(27(24)40)42-22-11-9-19(10-12-22)18-5-2-1-3-6-18/h1-16H,17H2,(H,38,39). The van der Waals surface area contributed by atoms with Crippen LogP contribution in [-0.2, 0) is 17.1 Å². The van der Waals surface area contributed by atoms with Crippen molar-refractivity contribution in [1.82, 2.24) is 0 Å². The van der Waals surface area contributed by atoms with Gasteiger partial charge in [0.2, 0.25) is 11.2 Å². The Kier molecular flexibility index (Phi) is 7.85. The Morgan fingerprint density at radius 1 is 0.744 bits per heavy atom. The van der Waals surface area contributed by atoms with Crippen molar-refractivity contribution in [3.8, 4) is 28.4 Å². The van der Waals surface area contributed by atoms with Crippen molar-refractivity contribution in [2.45, 2.75) is 12.4 Å². The smallest absolute Gasteiger partial charge is 0.453 e. The van der Waals surface area contributed by atoms with Gasteiger partial charge in [-0.05, 0) is 53.6 Å². The molecule has 4 aromatic carbocycles. The molecule has 0 bridgehead atoms. The quantitative estimate of drug-likeness (QED) is 0.191. The third-order valence-electron chi connectivity index (χ3n) is 6.10. The van der Waals surface area contributed by atoms with Crippen LogP contribution in [0.4, 0.5) is 32.0 Å². The third kappa shape index (κ3) is 6.80. The van der Waals surface area contributed by atoms with Gasteiger partial charge in [0.1, 0.15) is 17.1 Å². The van der Waals surface area contributed by atoms with Crippen molar-refractivity contribution in [1.29, 1.82) is 0 Å². The molecule has 0 saturated carbocycles. The zero-order valence-corrected chi connectivity index (χ0v) is 21.8. The number of hydrogen-bond acceptors (Lipinski definition) is 5. The van der Waals surface area contributed by atoms with Crippen LogP contribution in [-0.4, -0.2) is 12.5 Å². The predicted octanol–water partition coefficient (Wildman–Crippen LogP) is 8.31. The molecular formula is C31H19F6NO5. The molecule has 0 aliphatic carbocycles. The van der Waals surface area contributed by atoms with E-state index in [9.17, 15) is 35.9 Å². The summed E-state index contributed by atoms with van der Waals surface area (Å²) in [6.07, 6.45) is -9.71. The number of benzene rings is 4. The molecule has 1 N–H and O–H groups in total. The zero-order chi connectivity index (χ0) is 30.8. The lowest BCUT2D eigenvalue weighted by molar-refractivity contribution is -0.154. The minimum absolute atomic E-state index is 0.0245. The molecule has 0 fully saturated rings. The molecule has 12 heteroatoms. The summed E-state index contributed by atoms with van der Waals surface area (Å²) < 4.78 is 96.2. The maximum Gasteiger partial charge on any atom is 0.453 e. The van der Waals surface area contributed by atoms with Crippen molar-refractivity contribution < 1.29 is 45.0 Å². The summed E-state index contributed by atoms with van der Waals surface area (Å²) in [4.78, 5) is 25.3. The molecule has 0 unspecified atom stereocenters. The van der Waals surface area contributed by atoms with Gasteiger partial charge in [-0.15, -0.1) is 0 Å². The highest BCUT2D eigenvalue weighted by atomic mass is 19.4. The summed E-state index contributed by atoms with van der Waals surface area (Å²) in [5.41, 5.74) is -1.02. The van der Waals surface area contributed by atoms with E-state index in [-0.39, 0.29) is 22.6 Å². The average molecular weight is 599 g/mol. The van der Waals surface area contributed by atoms with Crippen molar-refractivity contribution in [3.05, 3.63) is 119 Å². The molecule has 1 aromatic heterocycles. The summed E-state index contributed by atoms with van der Waals surface area (Å²) in [6, 6.07) is 22.6. The second kappa shape index (κ2) is 11.6. The molecule has 0 saturated heterocycles. The Morgan fingerprint density at radius 2 is 1.42 bits per heavy atom. The fraction of sp³-hybridized carbons (Fsp3) is 0.0968. The van der Waals surface area contributed by atoms with Crippen molar-refractivity contribution in [3.63, 3.8) is 0 Å². The van der Waals surface area contributed by atoms with Gasteiger partial charge < -0.3 is 19.2 Å². The van der Waals surface area contributed by atoms with Crippen LogP contribution in [0.2, 0.25) is 0 Å². The first kappa shape index (κ1) is 29.2. The number of ether oxygens (including phenoxy) is 2. The second-order valence-electron chi connectivity index (χ2n) is 9.15. The molecule has 1 amide bonds. The number of anilines is 1. The molecule has 0 aliphatic rings. The van der Waals surface area contributed by atoms with Gasteiger partial charge in [0.25, 0.3) is 11.7 Å². The Morgan fingerprint density at radius 3 is 2.09 bits per heavy atom. The van der Waals surface area contributed by atoms with Crippen LogP contribution in [0, 0.1) is 0 Å². The summed E-state index contributed by atoms with van der Waals surface area (Å²) in [6.45, 7) is -0.696. The van der Waals surface area contributed by atoms with Gasteiger partial charge in [-0.1, -0.05) is 48.5 Å². The van der Waals surface area contributed by atoms with Crippen LogP contribution in [0.3, 0.4) is 0 Å². The SMILES string of the molecule is O=C(COc1ccc2c(=O)c(Oc3ccc(-c4ccccc4)cc3)c(C(F)(F)F)oc2c1)Nc1cccc(C(F)(F)F)c1. The number of fused-ring (bicyclic) bond motifs is 1. The van der Waals surface area contributed by atoms with Crippen LogP contribution in [0.15, 0.2) is 106 Å². The molecule has 5 rings (SSSR count). The summed E-state index contributed by atoms with van der Waals surface area (Å²) in [5, 5.41) is 1.99. The van der Waals surface area contributed by atoms with E-state index in [4.69, 9.17) is 13.9 Å². The van der Waals surface area contributed by atoms with Gasteiger partial charge in [-0.25, -0.2) is 0 Å². The molecule has 0 radical (unpaired) electrons. The van der Waals surface area contributed by atoms with Crippen LogP contribution in [0.25, 0.3) is 22.1 Å². The second-order valence-corrected chi connectivity index (χ2v) is 9.15. The fourth-order valence-electron chi connectivity index (χ4n) is 4.11. The lowest BCUT2D eigenvalue weighted by Gasteiger charge is -2.14. The maximum absolute atomic E-state index is 13.9. The summed E-state index contributed by atoms with van der Waals surface area (Å²) >= 11 is 0. The highest BCUT2D eigenvalue weighted by Gasteiger charge is 2.40. The topological polar surface area (TPSA) is 77.8 Å². The van der Waals surface area contributed by atoms with Gasteiger partial charge in [-0.3, -0.25) is 9.59 Å². The Balaban J connectivity index is 1.36. The molecule has 0 spiro atoms. The Bertz CT molecular complexity index is 1830. The lowest BCUT2D eigenvalue weighted by Crippen LogP contribution is -2.20. The number of carbonyl (C=O) groups excluding carboxylic acids is 1. The van der Waals surface area contributed by atoms with E-state index in [2.05, 4.69) is 5.32 Å². The molecular weight excluding hydrogens is 580 g/mol. The minimum Gasteiger partial charge on any atom is -0.484 e. The molecule has 5 aromatic rings. The molecule has 0 aliphatic heterocycles. The Hall–Kier alpha value is -5.26. The number of carbonyl (C=O) groups is 1.